The van der Waals surface area contributed by atoms with Crippen LogP contribution in [0.3, 0.4) is 0 Å². The molecule has 0 aliphatic carbocycles. The van der Waals surface area contributed by atoms with Crippen molar-refractivity contribution in [2.75, 3.05) is 65.3 Å². The summed E-state index contributed by atoms with van der Waals surface area (Å²) in [5.41, 5.74) is 0. The largest absolute Gasteiger partial charge is 0.379 e. The van der Waals surface area contributed by atoms with Crippen LogP contribution in [0.15, 0.2) is 0 Å². The lowest BCUT2D eigenvalue weighted by Crippen LogP contribution is -2.40. The minimum atomic E-state index is -3.04. The second-order valence-corrected chi connectivity index (χ2v) is 6.79. The Hall–Kier alpha value is -0.210. The summed E-state index contributed by atoms with van der Waals surface area (Å²) in [4.78, 5) is 2.38. The Morgan fingerprint density at radius 2 is 1.95 bits per heavy atom. The first-order valence-corrected chi connectivity index (χ1v) is 8.85. The molecule has 0 bridgehead atoms. The molecule has 0 aromatic heterocycles. The lowest BCUT2D eigenvalue weighted by molar-refractivity contribution is 0.0384. The molecule has 6 nitrogen and oxygen atoms in total. The number of sulfonamides is 1. The van der Waals surface area contributed by atoms with Crippen LogP contribution in [-0.2, 0) is 14.8 Å². The smallest absolute Gasteiger partial charge is 0.211 e. The van der Waals surface area contributed by atoms with Crippen LogP contribution in [0, 0.1) is 0 Å². The molecule has 0 spiro atoms. The van der Waals surface area contributed by atoms with Gasteiger partial charge < -0.3 is 10.1 Å². The summed E-state index contributed by atoms with van der Waals surface area (Å²) >= 11 is 0. The molecule has 7 heteroatoms. The van der Waals surface area contributed by atoms with Crippen LogP contribution < -0.4 is 5.32 Å². The molecule has 1 fully saturated rings. The summed E-state index contributed by atoms with van der Waals surface area (Å²) < 4.78 is 29.6. The standard InChI is InChI=1S/C12H27N3O3S/c1-3-15(19(2,16)17)7-4-5-13-6-8-14-9-11-18-12-10-14/h13H,3-12H2,1-2H3. The maximum atomic E-state index is 11.4. The minimum absolute atomic E-state index is 0.548. The molecule has 1 rings (SSSR count). The summed E-state index contributed by atoms with van der Waals surface area (Å²) in [5.74, 6) is 0. The Kier molecular flexibility index (Phi) is 7.86. The van der Waals surface area contributed by atoms with Gasteiger partial charge in [-0.2, -0.15) is 0 Å². The van der Waals surface area contributed by atoms with Gasteiger partial charge in [-0.3, -0.25) is 4.90 Å². The molecule has 0 atom stereocenters. The maximum absolute atomic E-state index is 11.4. The average Bonchev–Trinajstić information content (AvgIpc) is 2.37. The van der Waals surface area contributed by atoms with Crippen LogP contribution in [0.1, 0.15) is 13.3 Å². The van der Waals surface area contributed by atoms with Gasteiger partial charge in [0.25, 0.3) is 0 Å². The van der Waals surface area contributed by atoms with Crippen LogP contribution in [0.4, 0.5) is 0 Å². The van der Waals surface area contributed by atoms with Crippen LogP contribution in [0.25, 0.3) is 0 Å². The van der Waals surface area contributed by atoms with Crippen molar-refractivity contribution in [2.45, 2.75) is 13.3 Å². The molecule has 1 N–H and O–H groups in total. The molecule has 1 saturated heterocycles. The van der Waals surface area contributed by atoms with E-state index < -0.39 is 10.0 Å². The fraction of sp³-hybridized carbons (Fsp3) is 1.00. The molecule has 1 heterocycles. The van der Waals surface area contributed by atoms with Gasteiger partial charge in [0.1, 0.15) is 0 Å². The van der Waals surface area contributed by atoms with Gasteiger partial charge in [0.15, 0.2) is 0 Å². The van der Waals surface area contributed by atoms with E-state index in [0.717, 1.165) is 52.4 Å². The fourth-order valence-corrected chi connectivity index (χ4v) is 3.06. The van der Waals surface area contributed by atoms with Crippen LogP contribution >= 0.6 is 0 Å². The highest BCUT2D eigenvalue weighted by Gasteiger charge is 2.13. The molecule has 0 saturated carbocycles. The van der Waals surface area contributed by atoms with Gasteiger partial charge in [0.2, 0.25) is 10.0 Å². The van der Waals surface area contributed by atoms with Crippen molar-refractivity contribution in [3.63, 3.8) is 0 Å². The quantitative estimate of drug-likeness (QED) is 0.585. The van der Waals surface area contributed by atoms with Crippen LogP contribution in [-0.4, -0.2) is 82.9 Å². The van der Waals surface area contributed by atoms with E-state index >= 15 is 0 Å². The Balaban J connectivity index is 2.01. The molecule has 1 aliphatic rings. The summed E-state index contributed by atoms with van der Waals surface area (Å²) in [6, 6.07) is 0. The Morgan fingerprint density at radius 3 is 2.53 bits per heavy atom. The zero-order valence-electron chi connectivity index (χ0n) is 12.1. The van der Waals surface area contributed by atoms with Crippen molar-refractivity contribution >= 4 is 10.0 Å². The van der Waals surface area contributed by atoms with Crippen molar-refractivity contribution in [3.05, 3.63) is 0 Å². The third-order valence-electron chi connectivity index (χ3n) is 3.29. The minimum Gasteiger partial charge on any atom is -0.379 e. The predicted octanol–water partition coefficient (Wildman–Crippen LogP) is -0.420. The molecule has 0 radical (unpaired) electrons. The lowest BCUT2D eigenvalue weighted by atomic mass is 10.4. The van der Waals surface area contributed by atoms with Crippen LogP contribution in [0.5, 0.6) is 0 Å². The molecule has 0 amide bonds. The Labute approximate surface area is 117 Å². The molecule has 0 unspecified atom stereocenters. The van der Waals surface area contributed by atoms with Crippen molar-refractivity contribution < 1.29 is 13.2 Å². The fourth-order valence-electron chi connectivity index (χ4n) is 2.13. The molecule has 1 aliphatic heterocycles. The van der Waals surface area contributed by atoms with Gasteiger partial charge in [-0.1, -0.05) is 6.92 Å². The van der Waals surface area contributed by atoms with Gasteiger partial charge in [-0.25, -0.2) is 12.7 Å². The summed E-state index contributed by atoms with van der Waals surface area (Å²) in [5, 5.41) is 3.36. The molecule has 0 aromatic carbocycles. The first-order chi connectivity index (χ1) is 9.04. The van der Waals surface area contributed by atoms with Crippen molar-refractivity contribution in [3.8, 4) is 0 Å². The van der Waals surface area contributed by atoms with Crippen molar-refractivity contribution in [1.29, 1.82) is 0 Å². The SMILES string of the molecule is CCN(CCCNCCN1CCOCC1)S(C)(=O)=O. The number of rotatable bonds is 9. The Morgan fingerprint density at radius 1 is 1.26 bits per heavy atom. The van der Waals surface area contributed by atoms with Gasteiger partial charge in [0, 0.05) is 39.3 Å². The number of hydrogen-bond donors (Lipinski definition) is 1. The molecular formula is C12H27N3O3S. The third-order valence-corrected chi connectivity index (χ3v) is 4.67. The van der Waals surface area contributed by atoms with E-state index in [1.54, 1.807) is 0 Å². The molecule has 19 heavy (non-hydrogen) atoms. The van der Waals surface area contributed by atoms with E-state index in [-0.39, 0.29) is 0 Å². The number of nitrogens with one attached hydrogen (secondary N) is 1. The van der Waals surface area contributed by atoms with E-state index in [2.05, 4.69) is 10.2 Å². The third kappa shape index (κ3) is 7.22. The summed E-state index contributed by atoms with van der Waals surface area (Å²) in [6.07, 6.45) is 2.12. The first kappa shape index (κ1) is 16.8. The highest BCUT2D eigenvalue weighted by molar-refractivity contribution is 7.88. The maximum Gasteiger partial charge on any atom is 0.211 e. The highest BCUT2D eigenvalue weighted by Crippen LogP contribution is 1.98. The average molecular weight is 293 g/mol. The summed E-state index contributed by atoms with van der Waals surface area (Å²) in [7, 11) is -3.04. The van der Waals surface area contributed by atoms with Gasteiger partial charge >= 0.3 is 0 Å². The molecular weight excluding hydrogens is 266 g/mol. The Bertz CT molecular complexity index is 329. The van der Waals surface area contributed by atoms with Gasteiger partial charge in [-0.05, 0) is 13.0 Å². The predicted molar refractivity (Wildman–Crippen MR) is 76.8 cm³/mol. The number of morpholine rings is 1. The second kappa shape index (κ2) is 8.86. The van der Waals surface area contributed by atoms with E-state index in [4.69, 9.17) is 4.74 Å². The van der Waals surface area contributed by atoms with Crippen molar-refractivity contribution in [1.82, 2.24) is 14.5 Å². The zero-order valence-corrected chi connectivity index (χ0v) is 12.9. The van der Waals surface area contributed by atoms with E-state index in [0.29, 0.717) is 13.1 Å². The second-order valence-electron chi connectivity index (χ2n) is 4.81. The monoisotopic (exact) mass is 293 g/mol. The van der Waals surface area contributed by atoms with E-state index in [9.17, 15) is 8.42 Å². The van der Waals surface area contributed by atoms with E-state index in [1.807, 2.05) is 6.92 Å². The number of nitrogens with zero attached hydrogens (tertiary/aromatic N) is 2. The van der Waals surface area contributed by atoms with E-state index in [1.165, 1.54) is 10.6 Å². The highest BCUT2D eigenvalue weighted by atomic mass is 32.2. The zero-order chi connectivity index (χ0) is 14.1. The topological polar surface area (TPSA) is 61.9 Å². The van der Waals surface area contributed by atoms with Gasteiger partial charge in [0.05, 0.1) is 19.5 Å². The molecule has 0 aromatic rings. The van der Waals surface area contributed by atoms with Gasteiger partial charge in [-0.15, -0.1) is 0 Å². The summed E-state index contributed by atoms with van der Waals surface area (Å²) in [6.45, 7) is 9.55. The first-order valence-electron chi connectivity index (χ1n) is 7.00. The van der Waals surface area contributed by atoms with Crippen molar-refractivity contribution in [2.24, 2.45) is 0 Å². The normalized spacial score (nSPS) is 18.1. The number of ether oxygens (including phenoxy) is 1. The molecule has 114 valence electrons. The van der Waals surface area contributed by atoms with Crippen LogP contribution in [0.2, 0.25) is 0 Å². The number of hydrogen-bond acceptors (Lipinski definition) is 5. The lowest BCUT2D eigenvalue weighted by Gasteiger charge is -2.26.